The monoisotopic (exact) mass is 494 g/mol. The first-order valence-corrected chi connectivity index (χ1v) is 11.3. The van der Waals surface area contributed by atoms with E-state index in [-0.39, 0.29) is 21.3 Å². The first kappa shape index (κ1) is 24.0. The summed E-state index contributed by atoms with van der Waals surface area (Å²) >= 11 is 0.935. The van der Waals surface area contributed by atoms with Crippen LogP contribution < -0.4 is 14.4 Å². The van der Waals surface area contributed by atoms with Gasteiger partial charge in [-0.05, 0) is 36.8 Å². The molecule has 1 atom stereocenters. The van der Waals surface area contributed by atoms with E-state index in [0.29, 0.717) is 28.3 Å². The second-order valence-corrected chi connectivity index (χ2v) is 8.55. The highest BCUT2D eigenvalue weighted by Gasteiger charge is 2.48. The van der Waals surface area contributed by atoms with Gasteiger partial charge in [-0.25, -0.2) is 9.78 Å². The predicted molar refractivity (Wildman–Crippen MR) is 129 cm³/mol. The number of aliphatic hydroxyl groups excluding tert-OH is 1. The molecule has 4 rings (SSSR count). The van der Waals surface area contributed by atoms with Crippen LogP contribution in [0.2, 0.25) is 0 Å². The lowest BCUT2D eigenvalue weighted by Gasteiger charge is -2.23. The van der Waals surface area contributed by atoms with Crippen LogP contribution in [-0.2, 0) is 14.3 Å². The zero-order chi connectivity index (χ0) is 25.3. The minimum absolute atomic E-state index is 0.110. The molecule has 1 saturated heterocycles. The van der Waals surface area contributed by atoms with E-state index >= 15 is 0 Å². The number of methoxy groups -OCH3 is 3. The summed E-state index contributed by atoms with van der Waals surface area (Å²) in [5.74, 6) is -1.65. The zero-order valence-electron chi connectivity index (χ0n) is 19.4. The van der Waals surface area contributed by atoms with Crippen LogP contribution in [0.3, 0.4) is 0 Å². The first-order valence-electron chi connectivity index (χ1n) is 10.5. The fraction of sp³-hybridized carbons (Fsp3) is 0.200. The molecule has 2 aromatic carbocycles. The summed E-state index contributed by atoms with van der Waals surface area (Å²) in [7, 11) is 4.26. The lowest BCUT2D eigenvalue weighted by atomic mass is 9.95. The van der Waals surface area contributed by atoms with Gasteiger partial charge in [0.25, 0.3) is 5.78 Å². The number of esters is 1. The van der Waals surface area contributed by atoms with E-state index < -0.39 is 23.7 Å². The SMILES string of the molecule is COC(=O)c1sc(N2C(=O)C(=O)C(=C(O)c3cccc(OC)c3)[C@@H]2c2ccc(OC)cc2)nc1C. The maximum Gasteiger partial charge on any atom is 0.350 e. The lowest BCUT2D eigenvalue weighted by Crippen LogP contribution is -2.29. The topological polar surface area (TPSA) is 115 Å². The Labute approximate surface area is 205 Å². The fourth-order valence-electron chi connectivity index (χ4n) is 3.82. The third-order valence-corrected chi connectivity index (χ3v) is 6.72. The second kappa shape index (κ2) is 9.59. The van der Waals surface area contributed by atoms with Gasteiger partial charge in [0, 0.05) is 5.56 Å². The fourth-order valence-corrected chi connectivity index (χ4v) is 4.84. The number of aromatic nitrogens is 1. The number of anilines is 1. The van der Waals surface area contributed by atoms with Crippen molar-refractivity contribution < 1.29 is 33.7 Å². The molecule has 0 spiro atoms. The Kier molecular flexibility index (Phi) is 6.57. The normalized spacial score (nSPS) is 16.9. The second-order valence-electron chi connectivity index (χ2n) is 7.58. The highest BCUT2D eigenvalue weighted by Crippen LogP contribution is 2.44. The largest absolute Gasteiger partial charge is 0.507 e. The Morgan fingerprint density at radius 2 is 1.71 bits per heavy atom. The van der Waals surface area contributed by atoms with E-state index in [1.165, 1.54) is 26.2 Å². The van der Waals surface area contributed by atoms with Crippen molar-refractivity contribution in [3.05, 3.63) is 75.8 Å². The summed E-state index contributed by atoms with van der Waals surface area (Å²) < 4.78 is 15.3. The number of hydrogen-bond acceptors (Lipinski definition) is 9. The molecule has 1 fully saturated rings. The van der Waals surface area contributed by atoms with E-state index in [9.17, 15) is 19.5 Å². The molecule has 1 aromatic heterocycles. The number of thiazole rings is 1. The van der Waals surface area contributed by atoms with Crippen molar-refractivity contribution in [2.24, 2.45) is 0 Å². The molecule has 180 valence electrons. The minimum atomic E-state index is -0.997. The maximum atomic E-state index is 13.3. The number of benzene rings is 2. The van der Waals surface area contributed by atoms with Gasteiger partial charge in [-0.3, -0.25) is 14.5 Å². The summed E-state index contributed by atoms with van der Waals surface area (Å²) in [5.41, 5.74) is 1.11. The Morgan fingerprint density at radius 1 is 1.03 bits per heavy atom. The van der Waals surface area contributed by atoms with Crippen molar-refractivity contribution in [1.82, 2.24) is 4.98 Å². The molecule has 3 aromatic rings. The lowest BCUT2D eigenvalue weighted by molar-refractivity contribution is -0.132. The maximum absolute atomic E-state index is 13.3. The van der Waals surface area contributed by atoms with Crippen LogP contribution in [0.1, 0.15) is 32.5 Å². The Balaban J connectivity index is 1.93. The number of aliphatic hydroxyl groups is 1. The van der Waals surface area contributed by atoms with Crippen LogP contribution in [0.4, 0.5) is 5.13 Å². The van der Waals surface area contributed by atoms with Gasteiger partial charge in [-0.2, -0.15) is 0 Å². The highest BCUT2D eigenvalue weighted by molar-refractivity contribution is 7.17. The summed E-state index contributed by atoms with van der Waals surface area (Å²) in [6.07, 6.45) is 0. The molecule has 2 heterocycles. The van der Waals surface area contributed by atoms with Crippen molar-refractivity contribution in [3.63, 3.8) is 0 Å². The molecule has 0 bridgehead atoms. The number of aryl methyl sites for hydroxylation is 1. The Morgan fingerprint density at radius 3 is 2.34 bits per heavy atom. The average Bonchev–Trinajstić information content (AvgIpc) is 3.39. The van der Waals surface area contributed by atoms with E-state index in [0.717, 1.165) is 11.3 Å². The van der Waals surface area contributed by atoms with Crippen LogP contribution >= 0.6 is 11.3 Å². The quantitative estimate of drug-likeness (QED) is 0.238. The molecule has 35 heavy (non-hydrogen) atoms. The summed E-state index contributed by atoms with van der Waals surface area (Å²) in [5, 5.41) is 11.4. The van der Waals surface area contributed by atoms with Crippen molar-refractivity contribution in [2.75, 3.05) is 26.2 Å². The molecule has 10 heteroatoms. The molecule has 0 saturated carbocycles. The van der Waals surface area contributed by atoms with Gasteiger partial charge in [0.1, 0.15) is 22.1 Å². The van der Waals surface area contributed by atoms with Gasteiger partial charge in [-0.15, -0.1) is 0 Å². The van der Waals surface area contributed by atoms with Crippen LogP contribution in [0.15, 0.2) is 54.1 Å². The number of rotatable bonds is 6. The van der Waals surface area contributed by atoms with Crippen molar-refractivity contribution in [1.29, 1.82) is 0 Å². The smallest absolute Gasteiger partial charge is 0.350 e. The van der Waals surface area contributed by atoms with Crippen molar-refractivity contribution in [2.45, 2.75) is 13.0 Å². The first-order chi connectivity index (χ1) is 16.8. The van der Waals surface area contributed by atoms with Crippen LogP contribution in [0, 0.1) is 6.92 Å². The number of nitrogens with zero attached hydrogens (tertiary/aromatic N) is 2. The van der Waals surface area contributed by atoms with E-state index in [1.54, 1.807) is 55.5 Å². The van der Waals surface area contributed by atoms with E-state index in [2.05, 4.69) is 4.98 Å². The number of ether oxygens (including phenoxy) is 3. The molecule has 0 radical (unpaired) electrons. The molecule has 1 aliphatic heterocycles. The minimum Gasteiger partial charge on any atom is -0.507 e. The zero-order valence-corrected chi connectivity index (χ0v) is 20.2. The van der Waals surface area contributed by atoms with Gasteiger partial charge in [0.15, 0.2) is 5.13 Å². The summed E-state index contributed by atoms with van der Waals surface area (Å²) in [6.45, 7) is 1.61. The van der Waals surface area contributed by atoms with Gasteiger partial charge in [0.2, 0.25) is 0 Å². The number of amides is 1. The Hall–Kier alpha value is -4.18. The third-order valence-electron chi connectivity index (χ3n) is 5.58. The number of carbonyl (C=O) groups excluding carboxylic acids is 3. The summed E-state index contributed by atoms with van der Waals surface area (Å²) in [4.78, 5) is 44.5. The number of ketones is 1. The molecule has 0 aliphatic carbocycles. The molecule has 0 unspecified atom stereocenters. The highest BCUT2D eigenvalue weighted by atomic mass is 32.1. The van der Waals surface area contributed by atoms with Crippen LogP contribution in [0.25, 0.3) is 5.76 Å². The van der Waals surface area contributed by atoms with E-state index in [4.69, 9.17) is 14.2 Å². The summed E-state index contributed by atoms with van der Waals surface area (Å²) in [6, 6.07) is 12.3. The number of Topliss-reactive ketones (excluding diaryl/α,β-unsaturated/α-hetero) is 1. The third kappa shape index (κ3) is 4.24. The molecule has 1 amide bonds. The standard InChI is InChI=1S/C25H22N2O7S/c1-13-22(24(31)34-4)35-25(26-13)27-19(14-8-10-16(32-2)11-9-14)18(21(29)23(27)30)20(28)15-6-5-7-17(12-15)33-3/h5-12,19,28H,1-4H3/t19-/m0/s1. The van der Waals surface area contributed by atoms with Gasteiger partial charge < -0.3 is 19.3 Å². The molecule has 1 aliphatic rings. The van der Waals surface area contributed by atoms with E-state index in [1.807, 2.05) is 0 Å². The van der Waals surface area contributed by atoms with Gasteiger partial charge >= 0.3 is 11.9 Å². The number of hydrogen-bond donors (Lipinski definition) is 1. The van der Waals surface area contributed by atoms with Crippen molar-refractivity contribution in [3.8, 4) is 11.5 Å². The Bertz CT molecular complexity index is 1340. The van der Waals surface area contributed by atoms with Crippen LogP contribution in [0.5, 0.6) is 11.5 Å². The molecular formula is C25H22N2O7S. The molecule has 9 nitrogen and oxygen atoms in total. The molecular weight excluding hydrogens is 472 g/mol. The predicted octanol–water partition coefficient (Wildman–Crippen LogP) is 3.88. The number of carbonyl (C=O) groups is 3. The van der Waals surface area contributed by atoms with Gasteiger partial charge in [-0.1, -0.05) is 35.6 Å². The van der Waals surface area contributed by atoms with Crippen molar-refractivity contribution >= 4 is 39.9 Å². The molecule has 1 N–H and O–H groups in total. The van der Waals surface area contributed by atoms with Crippen LogP contribution in [-0.4, -0.2) is 49.1 Å². The van der Waals surface area contributed by atoms with Gasteiger partial charge in [0.05, 0.1) is 38.6 Å². The average molecular weight is 495 g/mol.